The summed E-state index contributed by atoms with van der Waals surface area (Å²) in [5, 5.41) is 6.53. The zero-order valence-corrected chi connectivity index (χ0v) is 18.0. The number of fused-ring (bicyclic) bond motifs is 1. The third-order valence-corrected chi connectivity index (χ3v) is 6.43. The van der Waals surface area contributed by atoms with Gasteiger partial charge in [0.05, 0.1) is 11.7 Å². The Balaban J connectivity index is 1.32. The first-order valence-corrected chi connectivity index (χ1v) is 11.3. The number of rotatable bonds is 4. The van der Waals surface area contributed by atoms with Crippen LogP contribution in [0.5, 0.6) is 0 Å². The molecule has 0 unspecified atom stereocenters. The van der Waals surface area contributed by atoms with Crippen LogP contribution in [0.15, 0.2) is 24.5 Å². The normalized spacial score (nSPS) is 20.9. The molecule has 0 radical (unpaired) electrons. The number of nitrogens with one attached hydrogen (secondary N) is 3. The summed E-state index contributed by atoms with van der Waals surface area (Å²) in [6, 6.07) is 1.89. The van der Waals surface area contributed by atoms with Gasteiger partial charge < -0.3 is 20.5 Å². The van der Waals surface area contributed by atoms with Crippen molar-refractivity contribution < 1.29 is 18.0 Å². The van der Waals surface area contributed by atoms with Crippen LogP contribution < -0.4 is 10.6 Å². The van der Waals surface area contributed by atoms with Crippen molar-refractivity contribution in [3.63, 3.8) is 0 Å². The third-order valence-electron chi connectivity index (χ3n) is 6.43. The van der Waals surface area contributed by atoms with E-state index in [0.29, 0.717) is 12.0 Å². The molecule has 0 spiro atoms. The van der Waals surface area contributed by atoms with Crippen molar-refractivity contribution in [3.8, 4) is 11.4 Å². The second kappa shape index (κ2) is 8.92. The summed E-state index contributed by atoms with van der Waals surface area (Å²) in [6.45, 7) is 1.58. The smallest absolute Gasteiger partial charge is 0.317 e. The van der Waals surface area contributed by atoms with E-state index in [9.17, 15) is 18.0 Å². The number of benzene rings is 1. The Hall–Kier alpha value is -3.30. The molecule has 2 atom stereocenters. The summed E-state index contributed by atoms with van der Waals surface area (Å²) in [4.78, 5) is 25.4. The van der Waals surface area contributed by atoms with E-state index in [1.165, 1.54) is 12.3 Å². The lowest BCUT2D eigenvalue weighted by molar-refractivity contribution is 0.199. The van der Waals surface area contributed by atoms with E-state index in [-0.39, 0.29) is 40.7 Å². The van der Waals surface area contributed by atoms with Crippen molar-refractivity contribution in [2.45, 2.75) is 50.6 Å². The summed E-state index contributed by atoms with van der Waals surface area (Å²) >= 11 is 0. The monoisotopic (exact) mass is 458 g/mol. The second-order valence-corrected chi connectivity index (χ2v) is 8.75. The summed E-state index contributed by atoms with van der Waals surface area (Å²) in [5.41, 5.74) is 0.517. The fourth-order valence-corrected chi connectivity index (χ4v) is 4.77. The number of H-pyrrole nitrogens is 1. The van der Waals surface area contributed by atoms with Crippen LogP contribution in [-0.4, -0.2) is 51.1 Å². The molecule has 1 saturated carbocycles. The highest BCUT2D eigenvalue weighted by Gasteiger charge is 2.27. The number of hydrogen-bond donors (Lipinski definition) is 3. The molecule has 1 aliphatic carbocycles. The fraction of sp³-hybridized carbons (Fsp3) is 0.435. The number of aromatic nitrogens is 3. The maximum atomic E-state index is 14.5. The van der Waals surface area contributed by atoms with Crippen LogP contribution in [0.3, 0.4) is 0 Å². The van der Waals surface area contributed by atoms with Crippen LogP contribution in [0.4, 0.5) is 23.8 Å². The number of urea groups is 1. The van der Waals surface area contributed by atoms with Crippen molar-refractivity contribution >= 4 is 22.8 Å². The Morgan fingerprint density at radius 1 is 1.06 bits per heavy atom. The molecule has 0 bridgehead atoms. The van der Waals surface area contributed by atoms with Crippen molar-refractivity contribution in [3.05, 3.63) is 42.0 Å². The largest absolute Gasteiger partial charge is 0.365 e. The van der Waals surface area contributed by atoms with E-state index in [0.717, 1.165) is 57.5 Å². The molecule has 2 aromatic heterocycles. The number of carbonyl (C=O) groups is 1. The first-order chi connectivity index (χ1) is 16.0. The number of likely N-dealkylation sites (tertiary alicyclic amines) is 1. The number of nitrogens with zero attached hydrogens (tertiary/aromatic N) is 3. The molecule has 5 rings (SSSR count). The molecule has 3 heterocycles. The number of carbonyl (C=O) groups excluding carboxylic acids is 1. The minimum Gasteiger partial charge on any atom is -0.365 e. The highest BCUT2D eigenvalue weighted by molar-refractivity contribution is 5.94. The van der Waals surface area contributed by atoms with Gasteiger partial charge >= 0.3 is 6.03 Å². The maximum Gasteiger partial charge on any atom is 0.317 e. The van der Waals surface area contributed by atoms with Gasteiger partial charge in [0.15, 0.2) is 17.5 Å². The lowest BCUT2D eigenvalue weighted by Crippen LogP contribution is -2.47. The van der Waals surface area contributed by atoms with Crippen LogP contribution in [0.1, 0.15) is 38.5 Å². The van der Waals surface area contributed by atoms with Gasteiger partial charge in [0.25, 0.3) is 0 Å². The van der Waals surface area contributed by atoms with Crippen molar-refractivity contribution in [1.29, 1.82) is 0 Å². The fourth-order valence-electron chi connectivity index (χ4n) is 4.77. The second-order valence-electron chi connectivity index (χ2n) is 8.75. The third kappa shape index (κ3) is 4.46. The Morgan fingerprint density at radius 2 is 1.85 bits per heavy atom. The van der Waals surface area contributed by atoms with Gasteiger partial charge in [-0.15, -0.1) is 0 Å². The molecule has 10 heteroatoms. The van der Waals surface area contributed by atoms with E-state index in [4.69, 9.17) is 0 Å². The number of hydrogen-bond acceptors (Lipinski definition) is 4. The van der Waals surface area contributed by atoms with Gasteiger partial charge in [0.2, 0.25) is 0 Å². The topological polar surface area (TPSA) is 85.9 Å². The van der Waals surface area contributed by atoms with Gasteiger partial charge in [-0.1, -0.05) is 0 Å². The minimum atomic E-state index is -0.721. The van der Waals surface area contributed by atoms with E-state index >= 15 is 0 Å². The van der Waals surface area contributed by atoms with Gasteiger partial charge in [-0.25, -0.2) is 27.9 Å². The van der Waals surface area contributed by atoms with Gasteiger partial charge in [0, 0.05) is 48.4 Å². The Bertz CT molecular complexity index is 1180. The predicted octanol–water partition coefficient (Wildman–Crippen LogP) is 4.57. The van der Waals surface area contributed by atoms with E-state index < -0.39 is 17.5 Å². The number of aromatic amines is 1. The highest BCUT2D eigenvalue weighted by atomic mass is 19.1. The van der Waals surface area contributed by atoms with Crippen molar-refractivity contribution in [2.75, 3.05) is 18.4 Å². The number of halogens is 3. The molecule has 1 saturated heterocycles. The van der Waals surface area contributed by atoms with E-state index in [1.54, 1.807) is 0 Å². The summed E-state index contributed by atoms with van der Waals surface area (Å²) in [6.07, 6.45) is 7.84. The van der Waals surface area contributed by atoms with E-state index in [1.807, 2.05) is 4.90 Å². The summed E-state index contributed by atoms with van der Waals surface area (Å²) in [7, 11) is 0. The van der Waals surface area contributed by atoms with Crippen LogP contribution in [0, 0.1) is 17.5 Å². The Morgan fingerprint density at radius 3 is 2.67 bits per heavy atom. The molecular weight excluding hydrogens is 433 g/mol. The molecule has 1 aliphatic heterocycles. The number of amides is 2. The minimum absolute atomic E-state index is 0.00767. The highest BCUT2D eigenvalue weighted by Crippen LogP contribution is 2.30. The molecule has 7 nitrogen and oxygen atoms in total. The molecule has 174 valence electrons. The van der Waals surface area contributed by atoms with Gasteiger partial charge in [-0.05, 0) is 44.6 Å². The zero-order chi connectivity index (χ0) is 22.9. The quantitative estimate of drug-likeness (QED) is 0.535. The first-order valence-electron chi connectivity index (χ1n) is 11.3. The Kier molecular flexibility index (Phi) is 5.82. The van der Waals surface area contributed by atoms with Crippen LogP contribution >= 0.6 is 0 Å². The standard InChI is InChI=1S/C23H25F3N6O/c24-13-8-16-17(11-27-20(16)18(25)9-13)21-28-12-19(26)22(31-21)29-14-4-3-5-15(10-14)30-23(33)32-6-1-2-7-32/h8-9,11-12,14-15,27H,1-7,10H2,(H,30,33)(H,28,29,31)/t14-,15+/m1/s1. The molecule has 1 aromatic carbocycles. The maximum absolute atomic E-state index is 14.5. The predicted molar refractivity (Wildman–Crippen MR) is 118 cm³/mol. The number of anilines is 1. The van der Waals surface area contributed by atoms with Crippen LogP contribution in [-0.2, 0) is 0 Å². The summed E-state index contributed by atoms with van der Waals surface area (Å²) < 4.78 is 42.3. The molecule has 2 amide bonds. The average molecular weight is 458 g/mol. The van der Waals surface area contributed by atoms with Crippen molar-refractivity contribution in [2.24, 2.45) is 0 Å². The van der Waals surface area contributed by atoms with Crippen molar-refractivity contribution in [1.82, 2.24) is 25.2 Å². The Labute approximate surface area is 188 Å². The van der Waals surface area contributed by atoms with Crippen LogP contribution in [0.25, 0.3) is 22.3 Å². The average Bonchev–Trinajstić information content (AvgIpc) is 3.46. The zero-order valence-electron chi connectivity index (χ0n) is 18.0. The first kappa shape index (κ1) is 21.5. The molecule has 2 aliphatic rings. The molecule has 2 fully saturated rings. The molecule has 3 N–H and O–H groups in total. The molecule has 33 heavy (non-hydrogen) atoms. The van der Waals surface area contributed by atoms with Gasteiger partial charge in [-0.2, -0.15) is 0 Å². The SMILES string of the molecule is O=C(N[C@H]1CCC[C@@H](Nc2nc(-c3c[nH]c4c(F)cc(F)cc34)ncc2F)C1)N1CCCC1. The summed E-state index contributed by atoms with van der Waals surface area (Å²) in [5.74, 6) is -1.86. The van der Waals surface area contributed by atoms with Crippen LogP contribution in [0.2, 0.25) is 0 Å². The van der Waals surface area contributed by atoms with E-state index in [2.05, 4.69) is 25.6 Å². The lowest BCUT2D eigenvalue weighted by atomic mass is 9.91. The van der Waals surface area contributed by atoms with Gasteiger partial charge in [-0.3, -0.25) is 0 Å². The lowest BCUT2D eigenvalue weighted by Gasteiger charge is -2.32. The molecular formula is C23H25F3N6O. The molecule has 3 aromatic rings. The van der Waals surface area contributed by atoms with Gasteiger partial charge in [0.1, 0.15) is 11.6 Å².